The molecule has 0 spiro atoms. The SMILES string of the molecule is CCO[C@@H]1[C@@H](Cc2ccc(OC)cc2)C[C@H]1C. The van der Waals surface area contributed by atoms with E-state index in [1.807, 2.05) is 12.1 Å². The van der Waals surface area contributed by atoms with Gasteiger partial charge in [-0.15, -0.1) is 0 Å². The summed E-state index contributed by atoms with van der Waals surface area (Å²) in [5.74, 6) is 2.34. The van der Waals surface area contributed by atoms with Crippen LogP contribution >= 0.6 is 0 Å². The Labute approximate surface area is 104 Å². The molecule has 0 heterocycles. The van der Waals surface area contributed by atoms with E-state index < -0.39 is 0 Å². The summed E-state index contributed by atoms with van der Waals surface area (Å²) in [7, 11) is 1.70. The van der Waals surface area contributed by atoms with E-state index in [4.69, 9.17) is 9.47 Å². The average molecular weight is 234 g/mol. The zero-order valence-corrected chi connectivity index (χ0v) is 11.0. The first-order chi connectivity index (χ1) is 8.24. The molecule has 0 saturated heterocycles. The van der Waals surface area contributed by atoms with Crippen LogP contribution in [0.3, 0.4) is 0 Å². The van der Waals surface area contributed by atoms with Crippen LogP contribution in [-0.4, -0.2) is 19.8 Å². The van der Waals surface area contributed by atoms with Gasteiger partial charge in [-0.1, -0.05) is 19.1 Å². The van der Waals surface area contributed by atoms with Crippen molar-refractivity contribution >= 4 is 0 Å². The number of hydrogen-bond acceptors (Lipinski definition) is 2. The van der Waals surface area contributed by atoms with Gasteiger partial charge in [0.2, 0.25) is 0 Å². The molecule has 0 radical (unpaired) electrons. The molecule has 1 fully saturated rings. The molecule has 2 nitrogen and oxygen atoms in total. The number of benzene rings is 1. The van der Waals surface area contributed by atoms with Crippen molar-refractivity contribution in [2.24, 2.45) is 11.8 Å². The second-order valence-electron chi connectivity index (χ2n) is 4.95. The lowest BCUT2D eigenvalue weighted by molar-refractivity contribution is -0.0838. The van der Waals surface area contributed by atoms with E-state index in [1.54, 1.807) is 7.11 Å². The van der Waals surface area contributed by atoms with Crippen LogP contribution in [0, 0.1) is 11.8 Å². The highest BCUT2D eigenvalue weighted by Gasteiger charge is 2.38. The number of methoxy groups -OCH3 is 1. The fourth-order valence-electron chi connectivity index (χ4n) is 2.77. The molecule has 0 amide bonds. The third-order valence-electron chi connectivity index (χ3n) is 3.72. The summed E-state index contributed by atoms with van der Waals surface area (Å²) >= 11 is 0. The van der Waals surface area contributed by atoms with Gasteiger partial charge < -0.3 is 9.47 Å². The first-order valence-corrected chi connectivity index (χ1v) is 6.49. The van der Waals surface area contributed by atoms with Crippen LogP contribution in [0.15, 0.2) is 24.3 Å². The van der Waals surface area contributed by atoms with Crippen molar-refractivity contribution in [1.82, 2.24) is 0 Å². The van der Waals surface area contributed by atoms with Crippen LogP contribution < -0.4 is 4.74 Å². The Morgan fingerprint density at radius 1 is 1.24 bits per heavy atom. The molecule has 0 aliphatic heterocycles. The summed E-state index contributed by atoms with van der Waals surface area (Å²) in [6, 6.07) is 8.38. The molecule has 0 unspecified atom stereocenters. The molecule has 2 heteroatoms. The maximum atomic E-state index is 5.80. The fourth-order valence-corrected chi connectivity index (χ4v) is 2.77. The van der Waals surface area contributed by atoms with Crippen LogP contribution in [0.1, 0.15) is 25.8 Å². The molecule has 2 rings (SSSR count). The Hall–Kier alpha value is -1.02. The topological polar surface area (TPSA) is 18.5 Å². The summed E-state index contributed by atoms with van der Waals surface area (Å²) in [4.78, 5) is 0. The van der Waals surface area contributed by atoms with E-state index in [-0.39, 0.29) is 0 Å². The minimum absolute atomic E-state index is 0.460. The molecule has 0 N–H and O–H groups in total. The molecular weight excluding hydrogens is 212 g/mol. The van der Waals surface area contributed by atoms with E-state index in [0.717, 1.165) is 24.7 Å². The van der Waals surface area contributed by atoms with E-state index >= 15 is 0 Å². The maximum Gasteiger partial charge on any atom is 0.118 e. The van der Waals surface area contributed by atoms with Gasteiger partial charge in [-0.3, -0.25) is 0 Å². The summed E-state index contributed by atoms with van der Waals surface area (Å²) in [6.07, 6.45) is 2.87. The van der Waals surface area contributed by atoms with Gasteiger partial charge in [0.15, 0.2) is 0 Å². The van der Waals surface area contributed by atoms with Gasteiger partial charge in [-0.25, -0.2) is 0 Å². The first kappa shape index (κ1) is 12.4. The zero-order chi connectivity index (χ0) is 12.3. The van der Waals surface area contributed by atoms with Gasteiger partial charge in [0.25, 0.3) is 0 Å². The van der Waals surface area contributed by atoms with Crippen LogP contribution in [0.4, 0.5) is 0 Å². The van der Waals surface area contributed by atoms with Crippen molar-refractivity contribution < 1.29 is 9.47 Å². The highest BCUT2D eigenvalue weighted by molar-refractivity contribution is 5.27. The Balaban J connectivity index is 1.92. The Kier molecular flexibility index (Phi) is 4.06. The largest absolute Gasteiger partial charge is 0.497 e. The van der Waals surface area contributed by atoms with Crippen molar-refractivity contribution in [3.63, 3.8) is 0 Å². The van der Waals surface area contributed by atoms with Crippen LogP contribution in [-0.2, 0) is 11.2 Å². The van der Waals surface area contributed by atoms with Gasteiger partial charge >= 0.3 is 0 Å². The number of hydrogen-bond donors (Lipinski definition) is 0. The molecule has 94 valence electrons. The second-order valence-corrected chi connectivity index (χ2v) is 4.95. The Morgan fingerprint density at radius 3 is 2.47 bits per heavy atom. The molecule has 1 aliphatic rings. The fraction of sp³-hybridized carbons (Fsp3) is 0.600. The van der Waals surface area contributed by atoms with Crippen molar-refractivity contribution in [2.75, 3.05) is 13.7 Å². The van der Waals surface area contributed by atoms with E-state index in [0.29, 0.717) is 12.0 Å². The van der Waals surface area contributed by atoms with Gasteiger partial charge in [0, 0.05) is 6.61 Å². The lowest BCUT2D eigenvalue weighted by Crippen LogP contribution is -2.43. The van der Waals surface area contributed by atoms with Gasteiger partial charge in [-0.05, 0) is 49.3 Å². The molecule has 3 atom stereocenters. The molecule has 0 aromatic heterocycles. The maximum absolute atomic E-state index is 5.80. The molecule has 17 heavy (non-hydrogen) atoms. The molecule has 1 aliphatic carbocycles. The van der Waals surface area contributed by atoms with Crippen LogP contribution in [0.2, 0.25) is 0 Å². The van der Waals surface area contributed by atoms with E-state index in [9.17, 15) is 0 Å². The number of rotatable bonds is 5. The summed E-state index contributed by atoms with van der Waals surface area (Å²) in [5, 5.41) is 0. The predicted octanol–water partition coefficient (Wildman–Crippen LogP) is 3.30. The quantitative estimate of drug-likeness (QED) is 0.778. The third kappa shape index (κ3) is 2.81. The molecule has 0 bridgehead atoms. The van der Waals surface area contributed by atoms with Gasteiger partial charge in [-0.2, -0.15) is 0 Å². The number of ether oxygens (including phenoxy) is 2. The highest BCUT2D eigenvalue weighted by atomic mass is 16.5. The minimum Gasteiger partial charge on any atom is -0.497 e. The zero-order valence-electron chi connectivity index (χ0n) is 11.0. The monoisotopic (exact) mass is 234 g/mol. The lowest BCUT2D eigenvalue weighted by atomic mass is 9.70. The molecular formula is C15H22O2. The lowest BCUT2D eigenvalue weighted by Gasteiger charge is -2.42. The summed E-state index contributed by atoms with van der Waals surface area (Å²) in [6.45, 7) is 5.19. The van der Waals surface area contributed by atoms with Crippen LogP contribution in [0.25, 0.3) is 0 Å². The average Bonchev–Trinajstić information content (AvgIpc) is 2.36. The van der Waals surface area contributed by atoms with Crippen molar-refractivity contribution in [2.45, 2.75) is 32.8 Å². The van der Waals surface area contributed by atoms with Crippen molar-refractivity contribution in [1.29, 1.82) is 0 Å². The van der Waals surface area contributed by atoms with Crippen molar-refractivity contribution in [3.05, 3.63) is 29.8 Å². The van der Waals surface area contributed by atoms with E-state index in [2.05, 4.69) is 26.0 Å². The van der Waals surface area contributed by atoms with Crippen molar-refractivity contribution in [3.8, 4) is 5.75 Å². The second kappa shape index (κ2) is 5.54. The van der Waals surface area contributed by atoms with E-state index in [1.165, 1.54) is 12.0 Å². The van der Waals surface area contributed by atoms with Gasteiger partial charge in [0.05, 0.1) is 13.2 Å². The summed E-state index contributed by atoms with van der Waals surface area (Å²) in [5.41, 5.74) is 1.38. The van der Waals surface area contributed by atoms with Crippen LogP contribution in [0.5, 0.6) is 5.75 Å². The smallest absolute Gasteiger partial charge is 0.118 e. The molecule has 1 aromatic rings. The highest BCUT2D eigenvalue weighted by Crippen LogP contribution is 2.38. The minimum atomic E-state index is 0.460. The first-order valence-electron chi connectivity index (χ1n) is 6.49. The molecule has 1 aromatic carbocycles. The Morgan fingerprint density at radius 2 is 1.94 bits per heavy atom. The third-order valence-corrected chi connectivity index (χ3v) is 3.72. The van der Waals surface area contributed by atoms with Gasteiger partial charge in [0.1, 0.15) is 5.75 Å². The molecule has 1 saturated carbocycles. The Bertz CT molecular complexity index is 344. The standard InChI is InChI=1S/C15H22O2/c1-4-17-15-11(2)9-13(15)10-12-5-7-14(16-3)8-6-12/h5-8,11,13,15H,4,9-10H2,1-3H3/t11-,13-,15+/m1/s1. The predicted molar refractivity (Wildman–Crippen MR) is 69.4 cm³/mol. The summed E-state index contributed by atoms with van der Waals surface area (Å²) < 4.78 is 11.0. The normalized spacial score (nSPS) is 27.6.